The Balaban J connectivity index is 1.60. The van der Waals surface area contributed by atoms with E-state index in [1.165, 1.54) is 4.31 Å². The van der Waals surface area contributed by atoms with E-state index in [1.54, 1.807) is 24.3 Å². The highest BCUT2D eigenvalue weighted by atomic mass is 32.2. The van der Waals surface area contributed by atoms with Crippen LogP contribution in [0.5, 0.6) is 0 Å². The van der Waals surface area contributed by atoms with Crippen molar-refractivity contribution in [1.29, 1.82) is 0 Å². The average Bonchev–Trinajstić information content (AvgIpc) is 3.48. The van der Waals surface area contributed by atoms with Crippen molar-refractivity contribution in [2.75, 3.05) is 19.6 Å². The third kappa shape index (κ3) is 3.94. The number of nitrogens with zero attached hydrogens (tertiary/aromatic N) is 1. The molecule has 1 aromatic carbocycles. The van der Waals surface area contributed by atoms with Crippen LogP contribution >= 0.6 is 0 Å². The van der Waals surface area contributed by atoms with E-state index in [-0.39, 0.29) is 17.4 Å². The van der Waals surface area contributed by atoms with Crippen molar-refractivity contribution >= 4 is 15.9 Å². The van der Waals surface area contributed by atoms with Gasteiger partial charge in [-0.3, -0.25) is 4.79 Å². The Kier molecular flexibility index (Phi) is 5.42. The number of aryl methyl sites for hydroxylation is 1. The topological polar surface area (TPSA) is 92.5 Å². The fourth-order valence-corrected chi connectivity index (χ4v) is 5.11. The van der Waals surface area contributed by atoms with Gasteiger partial charge in [-0.15, -0.1) is 0 Å². The van der Waals surface area contributed by atoms with Crippen LogP contribution in [0.1, 0.15) is 38.2 Å². The quantitative estimate of drug-likeness (QED) is 0.786. The maximum Gasteiger partial charge on any atom is 0.243 e. The highest BCUT2D eigenvalue weighted by Gasteiger charge is 2.43. The number of sulfonamides is 1. The van der Waals surface area contributed by atoms with E-state index in [0.29, 0.717) is 43.3 Å². The Labute approximate surface area is 156 Å². The second kappa shape index (κ2) is 7.29. The van der Waals surface area contributed by atoms with Gasteiger partial charge in [0.1, 0.15) is 0 Å². The molecule has 0 spiro atoms. The van der Waals surface area contributed by atoms with Crippen molar-refractivity contribution in [3.8, 4) is 0 Å². The molecule has 6 nitrogen and oxygen atoms in total. The minimum atomic E-state index is -3.49. The first-order valence-corrected chi connectivity index (χ1v) is 10.8. The highest BCUT2D eigenvalue weighted by Crippen LogP contribution is 2.39. The molecule has 2 fully saturated rings. The molecule has 0 radical (unpaired) electrons. The van der Waals surface area contributed by atoms with Gasteiger partial charge in [0, 0.05) is 25.6 Å². The van der Waals surface area contributed by atoms with E-state index in [1.807, 2.05) is 13.8 Å². The third-order valence-corrected chi connectivity index (χ3v) is 7.71. The van der Waals surface area contributed by atoms with Crippen molar-refractivity contribution in [2.24, 2.45) is 17.6 Å². The lowest BCUT2D eigenvalue weighted by Gasteiger charge is -2.35. The molecular weight excluding hydrogens is 350 g/mol. The molecule has 1 unspecified atom stereocenters. The molecule has 1 heterocycles. The molecule has 3 rings (SSSR count). The Bertz CT molecular complexity index is 751. The number of nitrogens with one attached hydrogen (secondary N) is 1. The van der Waals surface area contributed by atoms with Crippen LogP contribution in [0.3, 0.4) is 0 Å². The minimum absolute atomic E-state index is 0.0113. The first-order chi connectivity index (χ1) is 12.3. The van der Waals surface area contributed by atoms with Crippen LogP contribution in [-0.2, 0) is 14.8 Å². The number of piperidine rings is 1. The van der Waals surface area contributed by atoms with Gasteiger partial charge in [0.15, 0.2) is 0 Å². The summed E-state index contributed by atoms with van der Waals surface area (Å²) in [7, 11) is -3.49. The van der Waals surface area contributed by atoms with E-state index in [4.69, 9.17) is 5.73 Å². The van der Waals surface area contributed by atoms with Gasteiger partial charge in [-0.1, -0.05) is 17.7 Å². The summed E-state index contributed by atoms with van der Waals surface area (Å²) < 4.78 is 27.0. The molecule has 1 saturated carbocycles. The number of carbonyl (C=O) groups excluding carboxylic acids is 1. The van der Waals surface area contributed by atoms with Crippen molar-refractivity contribution in [3.05, 3.63) is 29.8 Å². The number of nitrogens with two attached hydrogens (primary N) is 1. The van der Waals surface area contributed by atoms with Crippen LogP contribution in [0.25, 0.3) is 0 Å². The summed E-state index contributed by atoms with van der Waals surface area (Å²) in [4.78, 5) is 12.9. The summed E-state index contributed by atoms with van der Waals surface area (Å²) in [6.45, 7) is 5.12. The molecule has 0 bridgehead atoms. The lowest BCUT2D eigenvalue weighted by atomic mass is 9.92. The number of hydrogen-bond donors (Lipinski definition) is 2. The van der Waals surface area contributed by atoms with Crippen molar-refractivity contribution in [3.63, 3.8) is 0 Å². The van der Waals surface area contributed by atoms with Crippen molar-refractivity contribution < 1.29 is 13.2 Å². The fraction of sp³-hybridized carbons (Fsp3) is 0.632. The fourth-order valence-electron chi connectivity index (χ4n) is 3.64. The third-order valence-electron chi connectivity index (χ3n) is 5.79. The van der Waals surface area contributed by atoms with Gasteiger partial charge >= 0.3 is 0 Å². The Morgan fingerprint density at radius 2 is 1.77 bits per heavy atom. The molecule has 1 aliphatic heterocycles. The molecule has 0 aromatic heterocycles. The summed E-state index contributed by atoms with van der Waals surface area (Å²) >= 11 is 0. The van der Waals surface area contributed by atoms with Crippen LogP contribution in [0.15, 0.2) is 29.2 Å². The maximum absolute atomic E-state index is 12.8. The first kappa shape index (κ1) is 19.3. The van der Waals surface area contributed by atoms with Crippen LogP contribution in [0, 0.1) is 18.8 Å². The smallest absolute Gasteiger partial charge is 0.243 e. The molecule has 1 saturated heterocycles. The highest BCUT2D eigenvalue weighted by molar-refractivity contribution is 7.89. The molecule has 3 N–H and O–H groups in total. The van der Waals surface area contributed by atoms with E-state index >= 15 is 0 Å². The SMILES string of the molecule is Cc1ccc(S(=O)(=O)N2CCC(C(=O)NC(C)(CN)C3CC3)CC2)cc1. The molecule has 2 aliphatic rings. The number of carbonyl (C=O) groups is 1. The summed E-state index contributed by atoms with van der Waals surface area (Å²) in [6, 6.07) is 6.90. The minimum Gasteiger partial charge on any atom is -0.349 e. The van der Waals surface area contributed by atoms with Crippen LogP contribution in [-0.4, -0.2) is 43.8 Å². The zero-order valence-corrected chi connectivity index (χ0v) is 16.4. The maximum atomic E-state index is 12.8. The molecule has 1 aliphatic carbocycles. The first-order valence-electron chi connectivity index (χ1n) is 9.35. The number of amides is 1. The molecule has 1 amide bonds. The molecular formula is C19H29N3O3S. The van der Waals surface area contributed by atoms with Crippen molar-refractivity contribution in [2.45, 2.75) is 50.0 Å². The summed E-state index contributed by atoms with van der Waals surface area (Å²) in [5.74, 6) is 0.333. The second-order valence-corrected chi connectivity index (χ2v) is 9.81. The monoisotopic (exact) mass is 379 g/mol. The molecule has 1 aromatic rings. The molecule has 1 atom stereocenters. The van der Waals surface area contributed by atoms with E-state index < -0.39 is 10.0 Å². The normalized spacial score (nSPS) is 22.0. The lowest BCUT2D eigenvalue weighted by molar-refractivity contribution is -0.128. The standard InChI is InChI=1S/C19H29N3O3S/c1-14-3-7-17(8-4-14)26(24,25)22-11-9-15(10-12-22)18(23)21-19(2,13-20)16-5-6-16/h3-4,7-8,15-16H,5-6,9-13,20H2,1-2H3,(H,21,23). The van der Waals surface area contributed by atoms with Gasteiger partial charge < -0.3 is 11.1 Å². The largest absolute Gasteiger partial charge is 0.349 e. The predicted octanol–water partition coefficient (Wildman–Crippen LogP) is 1.64. The van der Waals surface area contributed by atoms with Crippen LogP contribution in [0.4, 0.5) is 0 Å². The summed E-state index contributed by atoms with van der Waals surface area (Å²) in [5, 5.41) is 3.13. The van der Waals surface area contributed by atoms with Gasteiger partial charge in [-0.25, -0.2) is 8.42 Å². The van der Waals surface area contributed by atoms with E-state index in [0.717, 1.165) is 18.4 Å². The van der Waals surface area contributed by atoms with Crippen molar-refractivity contribution in [1.82, 2.24) is 9.62 Å². The Morgan fingerprint density at radius 3 is 2.27 bits per heavy atom. The van der Waals surface area contributed by atoms with E-state index in [2.05, 4.69) is 5.32 Å². The van der Waals surface area contributed by atoms with Gasteiger partial charge in [0.25, 0.3) is 0 Å². The number of hydrogen-bond acceptors (Lipinski definition) is 4. The van der Waals surface area contributed by atoms with Gasteiger partial charge in [0.2, 0.25) is 15.9 Å². The summed E-state index contributed by atoms with van der Waals surface area (Å²) in [5.41, 5.74) is 6.57. The zero-order valence-electron chi connectivity index (χ0n) is 15.6. The predicted molar refractivity (Wildman–Crippen MR) is 101 cm³/mol. The van der Waals surface area contributed by atoms with E-state index in [9.17, 15) is 13.2 Å². The second-order valence-electron chi connectivity index (χ2n) is 7.88. The van der Waals surface area contributed by atoms with Crippen LogP contribution in [0.2, 0.25) is 0 Å². The van der Waals surface area contributed by atoms with Gasteiger partial charge in [-0.05, 0) is 57.6 Å². The Morgan fingerprint density at radius 1 is 1.19 bits per heavy atom. The molecule has 7 heteroatoms. The van der Waals surface area contributed by atoms with Crippen LogP contribution < -0.4 is 11.1 Å². The lowest BCUT2D eigenvalue weighted by Crippen LogP contribution is -2.55. The Hall–Kier alpha value is -1.44. The average molecular weight is 380 g/mol. The van der Waals surface area contributed by atoms with Gasteiger partial charge in [-0.2, -0.15) is 4.31 Å². The molecule has 26 heavy (non-hydrogen) atoms. The molecule has 144 valence electrons. The van der Waals surface area contributed by atoms with Gasteiger partial charge in [0.05, 0.1) is 10.4 Å². The zero-order chi connectivity index (χ0) is 18.9. The number of rotatable bonds is 6. The number of benzene rings is 1. The summed E-state index contributed by atoms with van der Waals surface area (Å²) in [6.07, 6.45) is 3.31.